The Morgan fingerprint density at radius 2 is 2.17 bits per heavy atom. The van der Waals surface area contributed by atoms with E-state index in [0.717, 1.165) is 24.0 Å². The standard InChI is InChI=1S/C15H18FNS/c1-11-5-6-12(16)10-14(11)15(17-2)8-7-13-4-3-9-18-13/h3-6,9-10,15,17H,7-8H2,1-2H3. The van der Waals surface area contributed by atoms with Crippen molar-refractivity contribution in [2.75, 3.05) is 7.05 Å². The van der Waals surface area contributed by atoms with E-state index in [9.17, 15) is 4.39 Å². The van der Waals surface area contributed by atoms with Gasteiger partial charge in [0.2, 0.25) is 0 Å². The maximum atomic E-state index is 13.3. The van der Waals surface area contributed by atoms with Gasteiger partial charge in [-0.15, -0.1) is 11.3 Å². The molecular formula is C15H18FNS. The van der Waals surface area contributed by atoms with E-state index >= 15 is 0 Å². The second-order valence-corrected chi connectivity index (χ2v) is 5.49. The van der Waals surface area contributed by atoms with Gasteiger partial charge in [0.05, 0.1) is 0 Å². The van der Waals surface area contributed by atoms with Gasteiger partial charge in [-0.3, -0.25) is 0 Å². The highest BCUT2D eigenvalue weighted by atomic mass is 32.1. The Balaban J connectivity index is 2.10. The molecular weight excluding hydrogens is 245 g/mol. The van der Waals surface area contributed by atoms with Crippen LogP contribution in [0.5, 0.6) is 0 Å². The van der Waals surface area contributed by atoms with Crippen molar-refractivity contribution < 1.29 is 4.39 Å². The molecule has 1 N–H and O–H groups in total. The quantitative estimate of drug-likeness (QED) is 0.856. The van der Waals surface area contributed by atoms with E-state index in [2.05, 4.69) is 22.8 Å². The molecule has 1 nitrogen and oxygen atoms in total. The molecule has 0 amide bonds. The highest BCUT2D eigenvalue weighted by molar-refractivity contribution is 7.09. The molecule has 1 atom stereocenters. The van der Waals surface area contributed by atoms with Crippen molar-refractivity contribution in [2.24, 2.45) is 0 Å². The van der Waals surface area contributed by atoms with E-state index in [4.69, 9.17) is 0 Å². The van der Waals surface area contributed by atoms with Crippen LogP contribution >= 0.6 is 11.3 Å². The first-order valence-electron chi connectivity index (χ1n) is 6.16. The minimum absolute atomic E-state index is 0.160. The topological polar surface area (TPSA) is 12.0 Å². The Morgan fingerprint density at radius 3 is 2.83 bits per heavy atom. The van der Waals surface area contributed by atoms with Crippen LogP contribution in [0.1, 0.15) is 28.5 Å². The minimum atomic E-state index is -0.160. The van der Waals surface area contributed by atoms with Crippen LogP contribution in [0.2, 0.25) is 0 Å². The van der Waals surface area contributed by atoms with E-state index in [1.54, 1.807) is 17.4 Å². The predicted molar refractivity (Wildman–Crippen MR) is 75.6 cm³/mol. The molecule has 1 unspecified atom stereocenters. The van der Waals surface area contributed by atoms with Crippen molar-refractivity contribution in [1.82, 2.24) is 5.32 Å². The molecule has 0 saturated heterocycles. The van der Waals surface area contributed by atoms with Crippen molar-refractivity contribution in [3.8, 4) is 0 Å². The second-order valence-electron chi connectivity index (χ2n) is 4.46. The van der Waals surface area contributed by atoms with Gasteiger partial charge in [0.15, 0.2) is 0 Å². The molecule has 18 heavy (non-hydrogen) atoms. The average Bonchev–Trinajstić information content (AvgIpc) is 2.87. The van der Waals surface area contributed by atoms with Crippen LogP contribution in [0, 0.1) is 12.7 Å². The number of rotatable bonds is 5. The Kier molecular flexibility index (Phi) is 4.50. The molecule has 0 spiro atoms. The molecule has 2 aromatic rings. The van der Waals surface area contributed by atoms with Crippen LogP contribution in [0.3, 0.4) is 0 Å². The number of hydrogen-bond acceptors (Lipinski definition) is 2. The number of aryl methyl sites for hydroxylation is 2. The number of benzene rings is 1. The molecule has 0 bridgehead atoms. The first kappa shape index (κ1) is 13.2. The molecule has 0 radical (unpaired) electrons. The molecule has 3 heteroatoms. The summed E-state index contributed by atoms with van der Waals surface area (Å²) in [5, 5.41) is 5.38. The third kappa shape index (κ3) is 3.18. The summed E-state index contributed by atoms with van der Waals surface area (Å²) < 4.78 is 13.3. The third-order valence-electron chi connectivity index (χ3n) is 3.22. The summed E-state index contributed by atoms with van der Waals surface area (Å²) in [5.41, 5.74) is 2.20. The Morgan fingerprint density at radius 1 is 1.33 bits per heavy atom. The average molecular weight is 263 g/mol. The lowest BCUT2D eigenvalue weighted by molar-refractivity contribution is 0.541. The van der Waals surface area contributed by atoms with Gasteiger partial charge in [0.1, 0.15) is 5.82 Å². The van der Waals surface area contributed by atoms with E-state index in [1.165, 1.54) is 10.9 Å². The summed E-state index contributed by atoms with van der Waals surface area (Å²) in [5.74, 6) is -0.160. The number of nitrogens with one attached hydrogen (secondary N) is 1. The van der Waals surface area contributed by atoms with Gasteiger partial charge in [-0.1, -0.05) is 12.1 Å². The highest BCUT2D eigenvalue weighted by Crippen LogP contribution is 2.24. The zero-order valence-corrected chi connectivity index (χ0v) is 11.6. The van der Waals surface area contributed by atoms with Gasteiger partial charge in [-0.2, -0.15) is 0 Å². The lowest BCUT2D eigenvalue weighted by atomic mass is 9.97. The summed E-state index contributed by atoms with van der Waals surface area (Å²) in [4.78, 5) is 1.38. The number of halogens is 1. The van der Waals surface area contributed by atoms with Gasteiger partial charge < -0.3 is 5.32 Å². The van der Waals surface area contributed by atoms with Gasteiger partial charge in [-0.25, -0.2) is 4.39 Å². The maximum absolute atomic E-state index is 13.3. The van der Waals surface area contributed by atoms with Crippen LogP contribution in [0.25, 0.3) is 0 Å². The molecule has 1 heterocycles. The second kappa shape index (κ2) is 6.12. The zero-order chi connectivity index (χ0) is 13.0. The van der Waals surface area contributed by atoms with Crippen LogP contribution in [0.4, 0.5) is 4.39 Å². The normalized spacial score (nSPS) is 12.6. The van der Waals surface area contributed by atoms with Crippen molar-refractivity contribution in [3.63, 3.8) is 0 Å². The van der Waals surface area contributed by atoms with Gasteiger partial charge in [-0.05, 0) is 61.5 Å². The number of thiophene rings is 1. The van der Waals surface area contributed by atoms with Crippen LogP contribution in [-0.4, -0.2) is 7.05 Å². The van der Waals surface area contributed by atoms with Crippen LogP contribution in [-0.2, 0) is 6.42 Å². The predicted octanol–water partition coefficient (Wildman–Crippen LogP) is 4.09. The van der Waals surface area contributed by atoms with E-state index < -0.39 is 0 Å². The summed E-state index contributed by atoms with van der Waals surface area (Å²) in [6, 6.07) is 9.44. The van der Waals surface area contributed by atoms with Crippen molar-refractivity contribution in [2.45, 2.75) is 25.8 Å². The fraction of sp³-hybridized carbons (Fsp3) is 0.333. The van der Waals surface area contributed by atoms with Gasteiger partial charge >= 0.3 is 0 Å². The van der Waals surface area contributed by atoms with Crippen molar-refractivity contribution >= 4 is 11.3 Å². The Hall–Kier alpha value is -1.19. The summed E-state index contributed by atoms with van der Waals surface area (Å²) in [7, 11) is 1.93. The van der Waals surface area contributed by atoms with Crippen molar-refractivity contribution in [1.29, 1.82) is 0 Å². The number of hydrogen-bond donors (Lipinski definition) is 1. The Bertz CT molecular complexity index is 493. The first-order valence-corrected chi connectivity index (χ1v) is 7.04. The highest BCUT2D eigenvalue weighted by Gasteiger charge is 2.13. The molecule has 1 aromatic heterocycles. The smallest absolute Gasteiger partial charge is 0.123 e. The van der Waals surface area contributed by atoms with Crippen LogP contribution in [0.15, 0.2) is 35.7 Å². The summed E-state index contributed by atoms with van der Waals surface area (Å²) >= 11 is 1.78. The lowest BCUT2D eigenvalue weighted by Crippen LogP contribution is -2.18. The summed E-state index contributed by atoms with van der Waals surface area (Å²) in [6.07, 6.45) is 2.01. The molecule has 96 valence electrons. The van der Waals surface area contributed by atoms with E-state index in [1.807, 2.05) is 20.0 Å². The molecule has 0 aliphatic carbocycles. The molecule has 0 aliphatic rings. The fourth-order valence-electron chi connectivity index (χ4n) is 2.18. The minimum Gasteiger partial charge on any atom is -0.313 e. The molecule has 0 aliphatic heterocycles. The van der Waals surface area contributed by atoms with Gasteiger partial charge in [0, 0.05) is 10.9 Å². The third-order valence-corrected chi connectivity index (χ3v) is 4.16. The van der Waals surface area contributed by atoms with Crippen LogP contribution < -0.4 is 5.32 Å². The Labute approximate surface area is 112 Å². The van der Waals surface area contributed by atoms with Crippen molar-refractivity contribution in [3.05, 3.63) is 57.5 Å². The molecule has 0 fully saturated rings. The molecule has 1 aromatic carbocycles. The summed E-state index contributed by atoms with van der Waals surface area (Å²) in [6.45, 7) is 2.03. The first-order chi connectivity index (χ1) is 8.70. The van der Waals surface area contributed by atoms with E-state index in [-0.39, 0.29) is 11.9 Å². The SMILES string of the molecule is CNC(CCc1cccs1)c1cc(F)ccc1C. The largest absolute Gasteiger partial charge is 0.313 e. The molecule has 0 saturated carbocycles. The van der Waals surface area contributed by atoms with E-state index in [0.29, 0.717) is 0 Å². The lowest BCUT2D eigenvalue weighted by Gasteiger charge is -2.18. The zero-order valence-electron chi connectivity index (χ0n) is 10.7. The fourth-order valence-corrected chi connectivity index (χ4v) is 2.91. The maximum Gasteiger partial charge on any atom is 0.123 e. The monoisotopic (exact) mass is 263 g/mol. The molecule has 2 rings (SSSR count). The van der Waals surface area contributed by atoms with Gasteiger partial charge in [0.25, 0.3) is 0 Å².